The zero-order chi connectivity index (χ0) is 16.3. The van der Waals surface area contributed by atoms with E-state index in [9.17, 15) is 15.0 Å². The van der Waals surface area contributed by atoms with Crippen molar-refractivity contribution in [3.8, 4) is 11.5 Å². The predicted octanol–water partition coefficient (Wildman–Crippen LogP) is 3.48. The van der Waals surface area contributed by atoms with Crippen molar-refractivity contribution in [3.05, 3.63) is 57.1 Å². The monoisotopic (exact) mass is 338 g/mol. The maximum Gasteiger partial charge on any atom is 0.275 e. The minimum atomic E-state index is -0.570. The van der Waals surface area contributed by atoms with Crippen molar-refractivity contribution in [2.45, 2.75) is 6.92 Å². The van der Waals surface area contributed by atoms with Gasteiger partial charge in [-0.3, -0.25) is 4.79 Å². The predicted molar refractivity (Wildman–Crippen MR) is 86.0 cm³/mol. The Labute approximate surface area is 136 Å². The summed E-state index contributed by atoms with van der Waals surface area (Å²) in [5.74, 6) is -0.899. The lowest BCUT2D eigenvalue weighted by molar-refractivity contribution is 0.0952. The molecular weight excluding hydrogens is 327 g/mol. The van der Waals surface area contributed by atoms with Crippen LogP contribution in [0.5, 0.6) is 11.5 Å². The van der Waals surface area contributed by atoms with Crippen LogP contribution in [-0.4, -0.2) is 22.3 Å². The van der Waals surface area contributed by atoms with E-state index in [2.05, 4.69) is 10.5 Å². The van der Waals surface area contributed by atoms with Crippen LogP contribution in [0.25, 0.3) is 0 Å². The van der Waals surface area contributed by atoms with Crippen LogP contribution in [-0.2, 0) is 0 Å². The second kappa shape index (κ2) is 6.68. The zero-order valence-electron chi connectivity index (χ0n) is 11.5. The number of nitrogens with zero attached hydrogens (tertiary/aromatic N) is 1. The summed E-state index contributed by atoms with van der Waals surface area (Å²) in [6, 6.07) is 7.58. The third-order valence-corrected chi connectivity index (χ3v) is 3.41. The summed E-state index contributed by atoms with van der Waals surface area (Å²) in [6.45, 7) is 1.70. The van der Waals surface area contributed by atoms with Gasteiger partial charge in [0.05, 0.1) is 16.8 Å². The highest BCUT2D eigenvalue weighted by molar-refractivity contribution is 6.36. The molecule has 0 bridgehead atoms. The SMILES string of the molecule is Cc1cccc(O)c1C(=O)NN=Cc1cc(Cl)cc(Cl)c1O. The van der Waals surface area contributed by atoms with Crippen LogP contribution in [0, 0.1) is 6.92 Å². The Balaban J connectivity index is 2.18. The molecule has 0 aromatic heterocycles. The number of aromatic hydroxyl groups is 2. The van der Waals surface area contributed by atoms with Gasteiger partial charge in [0, 0.05) is 10.6 Å². The highest BCUT2D eigenvalue weighted by atomic mass is 35.5. The molecule has 3 N–H and O–H groups in total. The maximum atomic E-state index is 12.0. The number of carbonyl (C=O) groups is 1. The van der Waals surface area contributed by atoms with Crippen LogP contribution >= 0.6 is 23.2 Å². The van der Waals surface area contributed by atoms with Gasteiger partial charge in [0.1, 0.15) is 11.5 Å². The molecule has 2 aromatic carbocycles. The number of halogens is 2. The number of phenols is 2. The molecule has 2 aromatic rings. The normalized spacial score (nSPS) is 10.9. The van der Waals surface area contributed by atoms with Crippen molar-refractivity contribution in [1.82, 2.24) is 5.43 Å². The molecule has 0 aliphatic heterocycles. The molecule has 1 amide bonds. The summed E-state index contributed by atoms with van der Waals surface area (Å²) >= 11 is 11.6. The fourth-order valence-corrected chi connectivity index (χ4v) is 2.36. The Bertz CT molecular complexity index is 740. The average molecular weight is 339 g/mol. The van der Waals surface area contributed by atoms with E-state index in [1.165, 1.54) is 24.4 Å². The number of hydrazone groups is 1. The molecule has 0 unspecified atom stereocenters. The lowest BCUT2D eigenvalue weighted by Gasteiger charge is -2.06. The van der Waals surface area contributed by atoms with Gasteiger partial charge in [-0.05, 0) is 30.7 Å². The molecule has 0 aliphatic rings. The minimum Gasteiger partial charge on any atom is -0.507 e. The number of carbonyl (C=O) groups excluding carboxylic acids is 1. The molecule has 0 spiro atoms. The van der Waals surface area contributed by atoms with Gasteiger partial charge in [-0.1, -0.05) is 35.3 Å². The third kappa shape index (κ3) is 3.50. The second-order valence-electron chi connectivity index (χ2n) is 4.49. The lowest BCUT2D eigenvalue weighted by Crippen LogP contribution is -2.18. The Morgan fingerprint density at radius 3 is 2.68 bits per heavy atom. The highest BCUT2D eigenvalue weighted by Crippen LogP contribution is 2.30. The van der Waals surface area contributed by atoms with Crippen molar-refractivity contribution < 1.29 is 15.0 Å². The molecule has 114 valence electrons. The Kier molecular flexibility index (Phi) is 4.90. The van der Waals surface area contributed by atoms with E-state index in [-0.39, 0.29) is 27.6 Å². The number of benzene rings is 2. The van der Waals surface area contributed by atoms with Crippen LogP contribution in [0.2, 0.25) is 10.0 Å². The maximum absolute atomic E-state index is 12.0. The molecule has 0 aliphatic carbocycles. The Morgan fingerprint density at radius 1 is 1.27 bits per heavy atom. The third-order valence-electron chi connectivity index (χ3n) is 2.91. The van der Waals surface area contributed by atoms with Gasteiger partial charge < -0.3 is 10.2 Å². The zero-order valence-corrected chi connectivity index (χ0v) is 13.0. The van der Waals surface area contributed by atoms with Crippen molar-refractivity contribution in [1.29, 1.82) is 0 Å². The first kappa shape index (κ1) is 16.1. The van der Waals surface area contributed by atoms with Crippen LogP contribution in [0.4, 0.5) is 0 Å². The first-order valence-electron chi connectivity index (χ1n) is 6.20. The fourth-order valence-electron chi connectivity index (χ4n) is 1.85. The number of rotatable bonds is 3. The summed E-state index contributed by atoms with van der Waals surface area (Å²) in [6.07, 6.45) is 1.21. The molecule has 2 rings (SSSR count). The first-order valence-corrected chi connectivity index (χ1v) is 6.95. The van der Waals surface area contributed by atoms with Gasteiger partial charge in [-0.15, -0.1) is 0 Å². The quantitative estimate of drug-likeness (QED) is 0.591. The van der Waals surface area contributed by atoms with E-state index in [0.717, 1.165) is 0 Å². The Morgan fingerprint density at radius 2 is 2.00 bits per heavy atom. The average Bonchev–Trinajstić information content (AvgIpc) is 2.43. The number of nitrogens with one attached hydrogen (secondary N) is 1. The molecule has 0 radical (unpaired) electrons. The summed E-state index contributed by atoms with van der Waals surface area (Å²) in [5, 5.41) is 23.6. The van der Waals surface area contributed by atoms with E-state index in [4.69, 9.17) is 23.2 Å². The molecule has 0 atom stereocenters. The van der Waals surface area contributed by atoms with E-state index in [1.807, 2.05) is 0 Å². The number of hydrogen-bond donors (Lipinski definition) is 3. The number of amides is 1. The van der Waals surface area contributed by atoms with Crippen LogP contribution in [0.3, 0.4) is 0 Å². The van der Waals surface area contributed by atoms with Gasteiger partial charge in [-0.25, -0.2) is 5.43 Å². The van der Waals surface area contributed by atoms with Gasteiger partial charge >= 0.3 is 0 Å². The summed E-state index contributed by atoms with van der Waals surface area (Å²) in [7, 11) is 0. The molecule has 22 heavy (non-hydrogen) atoms. The molecule has 0 saturated heterocycles. The van der Waals surface area contributed by atoms with Gasteiger partial charge in [0.2, 0.25) is 0 Å². The molecule has 0 fully saturated rings. The van der Waals surface area contributed by atoms with Crippen molar-refractivity contribution in [2.24, 2.45) is 5.10 Å². The van der Waals surface area contributed by atoms with Crippen molar-refractivity contribution in [3.63, 3.8) is 0 Å². The second-order valence-corrected chi connectivity index (χ2v) is 5.34. The largest absolute Gasteiger partial charge is 0.507 e. The van der Waals surface area contributed by atoms with Gasteiger partial charge in [-0.2, -0.15) is 5.10 Å². The fraction of sp³-hybridized carbons (Fsp3) is 0.0667. The summed E-state index contributed by atoms with van der Waals surface area (Å²) in [5.41, 5.74) is 3.27. The number of phenolic OH excluding ortho intramolecular Hbond substituents is 2. The van der Waals surface area contributed by atoms with E-state index in [0.29, 0.717) is 10.6 Å². The molecule has 0 saturated carbocycles. The van der Waals surface area contributed by atoms with Gasteiger partial charge in [0.25, 0.3) is 5.91 Å². The van der Waals surface area contributed by atoms with Crippen LogP contribution in [0.15, 0.2) is 35.4 Å². The van der Waals surface area contributed by atoms with Crippen molar-refractivity contribution in [2.75, 3.05) is 0 Å². The molecular formula is C15H12Cl2N2O3. The topological polar surface area (TPSA) is 81.9 Å². The minimum absolute atomic E-state index is 0.0804. The van der Waals surface area contributed by atoms with E-state index >= 15 is 0 Å². The first-order chi connectivity index (χ1) is 10.4. The molecule has 5 nitrogen and oxygen atoms in total. The van der Waals surface area contributed by atoms with Crippen molar-refractivity contribution >= 4 is 35.3 Å². The molecule has 0 heterocycles. The number of hydrogen-bond acceptors (Lipinski definition) is 4. The smallest absolute Gasteiger partial charge is 0.275 e. The van der Waals surface area contributed by atoms with E-state index < -0.39 is 5.91 Å². The molecule has 7 heteroatoms. The van der Waals surface area contributed by atoms with Crippen LogP contribution in [0.1, 0.15) is 21.5 Å². The van der Waals surface area contributed by atoms with Crippen LogP contribution < -0.4 is 5.43 Å². The summed E-state index contributed by atoms with van der Waals surface area (Å²) < 4.78 is 0. The lowest BCUT2D eigenvalue weighted by atomic mass is 10.1. The van der Waals surface area contributed by atoms with E-state index in [1.54, 1.807) is 19.1 Å². The summed E-state index contributed by atoms with van der Waals surface area (Å²) in [4.78, 5) is 12.0. The van der Waals surface area contributed by atoms with Gasteiger partial charge in [0.15, 0.2) is 0 Å². The highest BCUT2D eigenvalue weighted by Gasteiger charge is 2.13. The Hall–Kier alpha value is -2.24. The number of aryl methyl sites for hydroxylation is 1. The standard InChI is InChI=1S/C15H12Cl2N2O3/c1-8-3-2-4-12(20)13(8)15(22)19-18-7-9-5-10(16)6-11(17)14(9)21/h2-7,20-21H,1H3,(H,19,22).